The van der Waals surface area contributed by atoms with Crippen molar-refractivity contribution < 1.29 is 37.3 Å². The summed E-state index contributed by atoms with van der Waals surface area (Å²) in [7, 11) is 1.48. The number of nitrogens with one attached hydrogen (secondary N) is 1. The third-order valence-electron chi connectivity index (χ3n) is 14.6. The minimum absolute atomic E-state index is 0.0351. The Hall–Kier alpha value is -1.77. The maximum Gasteiger partial charge on any atom is 0.472 e. The summed E-state index contributed by atoms with van der Waals surface area (Å²) in [5.74, 6) is -0.570. The van der Waals surface area contributed by atoms with Crippen molar-refractivity contribution in [3.63, 3.8) is 0 Å². The Morgan fingerprint density at radius 2 is 0.827 bits per heavy atom. The molecule has 10 heteroatoms. The van der Waals surface area contributed by atoms with Crippen LogP contribution in [0.15, 0.2) is 36.5 Å². The van der Waals surface area contributed by atoms with Crippen molar-refractivity contribution in [2.75, 3.05) is 40.9 Å². The van der Waals surface area contributed by atoms with E-state index in [0.29, 0.717) is 23.9 Å². The van der Waals surface area contributed by atoms with E-state index >= 15 is 0 Å². The van der Waals surface area contributed by atoms with Gasteiger partial charge in [0.15, 0.2) is 0 Å². The number of rotatable bonds is 59. The molecule has 0 heterocycles. The molecule has 0 radical (unpaired) electrons. The summed E-state index contributed by atoms with van der Waals surface area (Å²) >= 11 is 0. The van der Waals surface area contributed by atoms with Crippen LogP contribution in [0.5, 0.6) is 0 Å². The molecule has 0 aliphatic rings. The van der Waals surface area contributed by atoms with Gasteiger partial charge in [-0.05, 0) is 51.0 Å². The molecule has 2 N–H and O–H groups in total. The van der Waals surface area contributed by atoms with Crippen LogP contribution in [-0.2, 0) is 27.9 Å². The van der Waals surface area contributed by atoms with Crippen LogP contribution in [0.1, 0.15) is 316 Å². The number of unbranched alkanes of at least 4 members (excludes halogenated alkanes) is 39. The minimum atomic E-state index is -4.45. The van der Waals surface area contributed by atoms with Gasteiger partial charge >= 0.3 is 13.8 Å². The standard InChI is InChI=1S/C65H125N2O7P/c1-7-10-13-16-19-22-25-27-28-29-30-31-32-33-34-35-36-37-38-40-42-45-48-51-54-57-64(68)66-62(61-73-75(70,71)72-60-59-67(4,5)6)63(56-53-50-47-44-41-24-21-18-15-12-9-3)74-65(69)58-55-52-49-46-43-39-26-23-20-17-14-11-8-2/h39,43,49,52-53,56,62-63H,7-38,40-42,44-48,50-51,54-55,57-61H2,1-6H3,(H-,66,68,70,71)/p+1/b43-39-,52-49+,56-53-. The number of ether oxygens (including phenoxy) is 1. The van der Waals surface area contributed by atoms with Crippen molar-refractivity contribution in [2.45, 2.75) is 328 Å². The molecule has 0 aliphatic carbocycles. The summed E-state index contributed by atoms with van der Waals surface area (Å²) in [4.78, 5) is 37.6. The molecule has 0 aliphatic heterocycles. The molecule has 0 aromatic heterocycles. The summed E-state index contributed by atoms with van der Waals surface area (Å²) in [6.45, 7) is 7.00. The molecule has 0 fully saturated rings. The van der Waals surface area contributed by atoms with E-state index in [0.717, 1.165) is 51.4 Å². The zero-order valence-electron chi connectivity index (χ0n) is 50.6. The Labute approximate surface area is 466 Å². The first-order valence-electron chi connectivity index (χ1n) is 32.3. The number of allylic oxidation sites excluding steroid dienone is 5. The quantitative estimate of drug-likeness (QED) is 0.0205. The largest absolute Gasteiger partial charge is 0.472 e. The lowest BCUT2D eigenvalue weighted by Gasteiger charge is -2.27. The van der Waals surface area contributed by atoms with Gasteiger partial charge in [0.1, 0.15) is 19.3 Å². The summed E-state index contributed by atoms with van der Waals surface area (Å²) in [5, 5.41) is 3.05. The normalized spacial score (nSPS) is 13.9. The number of phosphoric acid groups is 1. The Morgan fingerprint density at radius 1 is 0.467 bits per heavy atom. The third-order valence-corrected chi connectivity index (χ3v) is 15.6. The van der Waals surface area contributed by atoms with Crippen LogP contribution in [0.3, 0.4) is 0 Å². The molecule has 0 aromatic carbocycles. The van der Waals surface area contributed by atoms with E-state index in [1.54, 1.807) is 0 Å². The summed E-state index contributed by atoms with van der Waals surface area (Å²) in [6, 6.07) is -0.866. The molecule has 3 unspecified atom stereocenters. The Bertz CT molecular complexity index is 1380. The van der Waals surface area contributed by atoms with Gasteiger partial charge in [0.2, 0.25) is 5.91 Å². The average molecular weight is 1080 g/mol. The maximum atomic E-state index is 13.5. The van der Waals surface area contributed by atoms with Crippen molar-refractivity contribution in [3.05, 3.63) is 36.5 Å². The number of esters is 1. The lowest BCUT2D eigenvalue weighted by molar-refractivity contribution is -0.870. The van der Waals surface area contributed by atoms with Gasteiger partial charge in [-0.25, -0.2) is 4.57 Å². The fourth-order valence-electron chi connectivity index (χ4n) is 9.58. The number of carbonyl (C=O) groups excluding carboxylic acids is 2. The van der Waals surface area contributed by atoms with Crippen molar-refractivity contribution >= 4 is 19.7 Å². The van der Waals surface area contributed by atoms with Crippen LogP contribution in [0.4, 0.5) is 0 Å². The Kier molecular flexibility index (Phi) is 54.2. The second-order valence-corrected chi connectivity index (χ2v) is 24.7. The molecule has 0 rings (SSSR count). The minimum Gasteiger partial charge on any atom is -0.456 e. The molecule has 0 saturated carbocycles. The zero-order valence-corrected chi connectivity index (χ0v) is 51.5. The van der Waals surface area contributed by atoms with Gasteiger partial charge in [-0.1, -0.05) is 289 Å². The van der Waals surface area contributed by atoms with E-state index in [9.17, 15) is 19.0 Å². The summed E-state index contributed by atoms with van der Waals surface area (Å²) in [6.07, 6.45) is 67.5. The van der Waals surface area contributed by atoms with Gasteiger partial charge in [-0.2, -0.15) is 0 Å². The first-order valence-corrected chi connectivity index (χ1v) is 33.8. The number of quaternary nitrogens is 1. The monoisotopic (exact) mass is 1080 g/mol. The lowest BCUT2D eigenvalue weighted by Crippen LogP contribution is -2.47. The highest BCUT2D eigenvalue weighted by atomic mass is 31.2. The van der Waals surface area contributed by atoms with Crippen molar-refractivity contribution in [1.29, 1.82) is 0 Å². The van der Waals surface area contributed by atoms with E-state index in [-0.39, 0.29) is 31.5 Å². The number of amides is 1. The van der Waals surface area contributed by atoms with E-state index in [1.807, 2.05) is 39.4 Å². The van der Waals surface area contributed by atoms with Crippen LogP contribution in [-0.4, -0.2) is 74.3 Å². The lowest BCUT2D eigenvalue weighted by atomic mass is 10.0. The van der Waals surface area contributed by atoms with E-state index in [1.165, 1.54) is 225 Å². The van der Waals surface area contributed by atoms with Gasteiger partial charge < -0.3 is 19.4 Å². The Morgan fingerprint density at radius 3 is 1.23 bits per heavy atom. The fourth-order valence-corrected chi connectivity index (χ4v) is 10.3. The van der Waals surface area contributed by atoms with Gasteiger partial charge in [0.05, 0.1) is 33.8 Å². The van der Waals surface area contributed by atoms with E-state index in [4.69, 9.17) is 13.8 Å². The molecule has 0 aromatic rings. The third kappa shape index (κ3) is 56.8. The molecule has 0 spiro atoms. The van der Waals surface area contributed by atoms with Crippen molar-refractivity contribution in [1.82, 2.24) is 5.32 Å². The van der Waals surface area contributed by atoms with Crippen LogP contribution in [0.25, 0.3) is 0 Å². The number of likely N-dealkylation sites (N-methyl/N-ethyl adjacent to an activating group) is 1. The van der Waals surface area contributed by atoms with Crippen LogP contribution < -0.4 is 5.32 Å². The second-order valence-electron chi connectivity index (χ2n) is 23.3. The van der Waals surface area contributed by atoms with Gasteiger partial charge in [0.25, 0.3) is 0 Å². The number of carbonyl (C=O) groups is 2. The van der Waals surface area contributed by atoms with E-state index < -0.39 is 20.0 Å². The SMILES string of the molecule is CCCCCCCC/C=C\C/C=C/CCC(=O)OC(/C=C\CCCCCCCCCCC)C(COP(=O)(O)OCC[N+](C)(C)C)NC(=O)CCCCCCCCCCCCCCCCCCCCCCCCCCC. The van der Waals surface area contributed by atoms with Crippen molar-refractivity contribution in [3.8, 4) is 0 Å². The summed E-state index contributed by atoms with van der Waals surface area (Å²) < 4.78 is 30.6. The highest BCUT2D eigenvalue weighted by Crippen LogP contribution is 2.43. The molecule has 3 atom stereocenters. The highest BCUT2D eigenvalue weighted by molar-refractivity contribution is 7.47. The van der Waals surface area contributed by atoms with Gasteiger partial charge in [0, 0.05) is 12.8 Å². The second kappa shape index (κ2) is 55.5. The number of hydrogen-bond donors (Lipinski definition) is 2. The number of phosphoric ester groups is 1. The molecule has 442 valence electrons. The number of nitrogens with zero attached hydrogens (tertiary/aromatic N) is 1. The number of hydrogen-bond acceptors (Lipinski definition) is 6. The predicted octanol–water partition coefficient (Wildman–Crippen LogP) is 19.9. The topological polar surface area (TPSA) is 111 Å². The zero-order chi connectivity index (χ0) is 55.0. The fraction of sp³-hybridized carbons (Fsp3) is 0.877. The van der Waals surface area contributed by atoms with Crippen LogP contribution in [0, 0.1) is 0 Å². The smallest absolute Gasteiger partial charge is 0.456 e. The molecule has 75 heavy (non-hydrogen) atoms. The first-order chi connectivity index (χ1) is 36.4. The summed E-state index contributed by atoms with van der Waals surface area (Å²) in [5.41, 5.74) is 0. The molecule has 0 bridgehead atoms. The Balaban J connectivity index is 5.04. The molecule has 0 saturated heterocycles. The van der Waals surface area contributed by atoms with Gasteiger partial charge in [-0.3, -0.25) is 18.6 Å². The van der Waals surface area contributed by atoms with Crippen molar-refractivity contribution in [2.24, 2.45) is 0 Å². The van der Waals surface area contributed by atoms with Crippen LogP contribution >= 0.6 is 7.82 Å². The van der Waals surface area contributed by atoms with E-state index in [2.05, 4.69) is 44.3 Å². The maximum absolute atomic E-state index is 13.5. The van der Waals surface area contributed by atoms with Crippen LogP contribution in [0.2, 0.25) is 0 Å². The average Bonchev–Trinajstić information content (AvgIpc) is 3.37. The molecule has 9 nitrogen and oxygen atoms in total. The highest BCUT2D eigenvalue weighted by Gasteiger charge is 2.30. The molecular formula is C65H126N2O7P+. The van der Waals surface area contributed by atoms with Gasteiger partial charge in [-0.15, -0.1) is 0 Å². The molecular weight excluding hydrogens is 952 g/mol. The molecule has 1 amide bonds. The predicted molar refractivity (Wildman–Crippen MR) is 323 cm³/mol. The first kappa shape index (κ1) is 73.2.